The summed E-state index contributed by atoms with van der Waals surface area (Å²) in [7, 11) is 0. The third-order valence-corrected chi connectivity index (χ3v) is 7.37. The number of pyridine rings is 1. The molecule has 0 unspecified atom stereocenters. The van der Waals surface area contributed by atoms with Crippen LogP contribution in [0.4, 0.5) is 0 Å². The highest BCUT2D eigenvalue weighted by Gasteiger charge is 2.46. The maximum atomic E-state index is 13.6. The summed E-state index contributed by atoms with van der Waals surface area (Å²) in [5, 5.41) is 11.6. The maximum Gasteiger partial charge on any atom is 0.295 e. The molecule has 1 aromatic heterocycles. The van der Waals surface area contributed by atoms with E-state index in [0.717, 1.165) is 36.1 Å². The first-order chi connectivity index (χ1) is 19.9. The molecule has 0 radical (unpaired) electrons. The number of aromatic nitrogens is 1. The van der Waals surface area contributed by atoms with Crippen molar-refractivity contribution in [3.8, 4) is 17.2 Å². The van der Waals surface area contributed by atoms with Crippen LogP contribution in [0.3, 0.4) is 0 Å². The van der Waals surface area contributed by atoms with E-state index in [9.17, 15) is 14.7 Å². The molecule has 1 N–H and O–H groups in total. The van der Waals surface area contributed by atoms with Crippen molar-refractivity contribution in [3.63, 3.8) is 0 Å². The van der Waals surface area contributed by atoms with Crippen LogP contribution in [0.5, 0.6) is 17.2 Å². The van der Waals surface area contributed by atoms with Gasteiger partial charge >= 0.3 is 0 Å². The van der Waals surface area contributed by atoms with Gasteiger partial charge in [0, 0.05) is 30.9 Å². The van der Waals surface area contributed by atoms with Gasteiger partial charge in [0.15, 0.2) is 11.5 Å². The van der Waals surface area contributed by atoms with Gasteiger partial charge in [-0.05, 0) is 73.4 Å². The molecule has 1 amide bonds. The number of ketones is 1. The van der Waals surface area contributed by atoms with Crippen molar-refractivity contribution in [2.75, 3.05) is 13.2 Å². The lowest BCUT2D eigenvalue weighted by molar-refractivity contribution is -0.140. The summed E-state index contributed by atoms with van der Waals surface area (Å²) in [6.07, 6.45) is 7.14. The van der Waals surface area contributed by atoms with Gasteiger partial charge in [0.05, 0.1) is 24.8 Å². The van der Waals surface area contributed by atoms with E-state index >= 15 is 0 Å². The first-order valence-corrected chi connectivity index (χ1v) is 14.3. The molecule has 1 fully saturated rings. The zero-order chi connectivity index (χ0) is 28.9. The molecule has 214 valence electrons. The number of hydrogen-bond donors (Lipinski definition) is 1. The summed E-state index contributed by atoms with van der Waals surface area (Å²) in [4.78, 5) is 32.7. The molecule has 2 aliphatic heterocycles. The van der Waals surface area contributed by atoms with Crippen molar-refractivity contribution in [1.82, 2.24) is 9.88 Å². The number of likely N-dealkylation sites (tertiary alicyclic amines) is 1. The van der Waals surface area contributed by atoms with Gasteiger partial charge in [-0.3, -0.25) is 14.6 Å². The molecule has 0 bridgehead atoms. The number of nitrogens with zero attached hydrogens (tertiary/aromatic N) is 2. The monoisotopic (exact) mass is 556 g/mol. The van der Waals surface area contributed by atoms with E-state index < -0.39 is 17.7 Å². The number of aliphatic hydroxyl groups is 1. The molecule has 2 atom stereocenters. The van der Waals surface area contributed by atoms with E-state index in [1.54, 1.807) is 36.7 Å². The van der Waals surface area contributed by atoms with Crippen LogP contribution in [-0.2, 0) is 22.6 Å². The molecule has 0 saturated carbocycles. The van der Waals surface area contributed by atoms with Crippen LogP contribution in [0.15, 0.2) is 66.5 Å². The molecule has 5 rings (SSSR count). The number of aliphatic hydroxyl groups excluding tert-OH is 1. The van der Waals surface area contributed by atoms with Crippen LogP contribution >= 0.6 is 0 Å². The Morgan fingerprint density at radius 3 is 2.68 bits per heavy atom. The zero-order valence-corrected chi connectivity index (χ0v) is 23.8. The molecule has 3 heterocycles. The van der Waals surface area contributed by atoms with E-state index in [1.807, 2.05) is 38.1 Å². The van der Waals surface area contributed by atoms with Gasteiger partial charge in [-0.25, -0.2) is 0 Å². The summed E-state index contributed by atoms with van der Waals surface area (Å²) < 4.78 is 17.8. The topological polar surface area (TPSA) is 98.2 Å². The molecular formula is C33H36N2O6. The summed E-state index contributed by atoms with van der Waals surface area (Å²) in [6.45, 7) is 7.14. The minimum Gasteiger partial charge on any atom is -0.507 e. The van der Waals surface area contributed by atoms with Crippen LogP contribution in [-0.4, -0.2) is 46.0 Å². The fourth-order valence-corrected chi connectivity index (χ4v) is 5.42. The van der Waals surface area contributed by atoms with E-state index in [4.69, 9.17) is 14.2 Å². The van der Waals surface area contributed by atoms with Crippen LogP contribution in [0.25, 0.3) is 5.76 Å². The Balaban J connectivity index is 1.59. The average molecular weight is 557 g/mol. The lowest BCUT2D eigenvalue weighted by atomic mass is 9.94. The average Bonchev–Trinajstić information content (AvgIpc) is 3.47. The number of benzene rings is 2. The number of carbonyl (C=O) groups excluding carboxylic acids is 2. The largest absolute Gasteiger partial charge is 0.507 e. The van der Waals surface area contributed by atoms with Crippen molar-refractivity contribution < 1.29 is 28.9 Å². The quantitative estimate of drug-likeness (QED) is 0.134. The zero-order valence-electron chi connectivity index (χ0n) is 23.8. The van der Waals surface area contributed by atoms with Gasteiger partial charge in [0.2, 0.25) is 0 Å². The highest BCUT2D eigenvalue weighted by Crippen LogP contribution is 2.43. The number of rotatable bonds is 11. The Morgan fingerprint density at radius 1 is 1.07 bits per heavy atom. The number of hydrogen-bond acceptors (Lipinski definition) is 7. The molecule has 1 saturated heterocycles. The van der Waals surface area contributed by atoms with Crippen molar-refractivity contribution in [3.05, 3.63) is 88.8 Å². The summed E-state index contributed by atoms with van der Waals surface area (Å²) >= 11 is 0. The van der Waals surface area contributed by atoms with Crippen molar-refractivity contribution in [2.45, 2.75) is 65.1 Å². The Morgan fingerprint density at radius 2 is 1.93 bits per heavy atom. The number of ether oxygens (including phenoxy) is 3. The minimum absolute atomic E-state index is 0.0323. The summed E-state index contributed by atoms with van der Waals surface area (Å²) in [6, 6.07) is 13.6. The number of amides is 1. The van der Waals surface area contributed by atoms with Gasteiger partial charge in [-0.2, -0.15) is 0 Å². The van der Waals surface area contributed by atoms with Gasteiger partial charge < -0.3 is 24.2 Å². The number of fused-ring (bicyclic) bond motifs is 1. The van der Waals surface area contributed by atoms with E-state index in [1.165, 1.54) is 4.90 Å². The molecule has 0 spiro atoms. The van der Waals surface area contributed by atoms with Crippen LogP contribution in [0.2, 0.25) is 0 Å². The molecule has 2 aromatic carbocycles. The normalized spacial score (nSPS) is 19.2. The molecule has 41 heavy (non-hydrogen) atoms. The number of carbonyl (C=O) groups is 2. The lowest BCUT2D eigenvalue weighted by Gasteiger charge is -2.26. The van der Waals surface area contributed by atoms with Crippen LogP contribution in [0.1, 0.15) is 68.3 Å². The fourth-order valence-electron chi connectivity index (χ4n) is 5.42. The van der Waals surface area contributed by atoms with Gasteiger partial charge in [0.1, 0.15) is 17.6 Å². The Hall–Kier alpha value is -4.33. The molecule has 8 nitrogen and oxygen atoms in total. The van der Waals surface area contributed by atoms with Crippen molar-refractivity contribution in [2.24, 2.45) is 0 Å². The molecular weight excluding hydrogens is 520 g/mol. The first kappa shape index (κ1) is 28.2. The third-order valence-electron chi connectivity index (χ3n) is 7.37. The van der Waals surface area contributed by atoms with Crippen LogP contribution < -0.4 is 14.2 Å². The second kappa shape index (κ2) is 12.5. The maximum absolute atomic E-state index is 13.6. The Bertz CT molecular complexity index is 1450. The molecule has 3 aromatic rings. The SMILES string of the molecule is CCCCCOc1ccc([C@@H]2/C(=C(\O)c3ccc4c(c3)C[C@@H](C)O4)C(=O)C(=O)N2Cc2cccnc2)cc1OCC. The molecule has 8 heteroatoms. The minimum atomic E-state index is -0.841. The fraction of sp³-hybridized carbons (Fsp3) is 0.364. The second-order valence-electron chi connectivity index (χ2n) is 10.4. The smallest absolute Gasteiger partial charge is 0.295 e. The number of Topliss-reactive ketones (excluding diaryl/α,β-unsaturated/α-hetero) is 1. The van der Waals surface area contributed by atoms with Gasteiger partial charge in [0.25, 0.3) is 11.7 Å². The summed E-state index contributed by atoms with van der Waals surface area (Å²) in [5.74, 6) is 0.247. The first-order valence-electron chi connectivity index (χ1n) is 14.3. The van der Waals surface area contributed by atoms with E-state index in [2.05, 4.69) is 11.9 Å². The predicted octanol–water partition coefficient (Wildman–Crippen LogP) is 5.99. The second-order valence-corrected chi connectivity index (χ2v) is 10.4. The van der Waals surface area contributed by atoms with Crippen LogP contribution in [0, 0.1) is 0 Å². The third kappa shape index (κ3) is 5.92. The standard InChI is InChI=1S/C33H36N2O6/c1-4-6-7-15-40-27-13-10-23(18-28(27)39-5-2)30-29(31(36)24-11-12-26-25(17-24)16-21(3)41-26)32(37)33(38)35(30)20-22-9-8-14-34-19-22/h8-14,17-19,21,30,36H,4-7,15-16,20H2,1-3H3/b31-29+/t21-,30-/m1/s1. The lowest BCUT2D eigenvalue weighted by Crippen LogP contribution is -2.29. The highest BCUT2D eigenvalue weighted by molar-refractivity contribution is 6.46. The number of unbranched alkanes of at least 4 members (excludes halogenated alkanes) is 2. The van der Waals surface area contributed by atoms with E-state index in [-0.39, 0.29) is 24.0 Å². The summed E-state index contributed by atoms with van der Waals surface area (Å²) in [5.41, 5.74) is 2.85. The molecule has 0 aliphatic carbocycles. The Labute approximate surface area is 240 Å². The Kier molecular flexibility index (Phi) is 8.57. The van der Waals surface area contributed by atoms with E-state index in [0.29, 0.717) is 42.3 Å². The van der Waals surface area contributed by atoms with Crippen molar-refractivity contribution in [1.29, 1.82) is 0 Å². The molecule has 2 aliphatic rings. The van der Waals surface area contributed by atoms with Gasteiger partial charge in [-0.1, -0.05) is 31.9 Å². The predicted molar refractivity (Wildman–Crippen MR) is 155 cm³/mol. The highest BCUT2D eigenvalue weighted by atomic mass is 16.5. The van der Waals surface area contributed by atoms with Crippen molar-refractivity contribution >= 4 is 17.4 Å². The van der Waals surface area contributed by atoms with Gasteiger partial charge in [-0.15, -0.1) is 0 Å².